The Hall–Kier alpha value is -4.18. The molecule has 4 rings (SSSR count). The Bertz CT molecular complexity index is 1430. The van der Waals surface area contributed by atoms with Crippen molar-refractivity contribution in [2.75, 3.05) is 25.7 Å². The first-order chi connectivity index (χ1) is 17.7. The van der Waals surface area contributed by atoms with E-state index in [1.807, 2.05) is 13.8 Å². The van der Waals surface area contributed by atoms with Crippen molar-refractivity contribution in [3.05, 3.63) is 75.3 Å². The van der Waals surface area contributed by atoms with E-state index in [9.17, 15) is 19.5 Å². The Morgan fingerprint density at radius 2 is 1.84 bits per heavy atom. The molecule has 0 spiro atoms. The lowest BCUT2D eigenvalue weighted by atomic mass is 9.94. The first kappa shape index (κ1) is 25.9. The van der Waals surface area contributed by atoms with Crippen LogP contribution in [0.2, 0.25) is 0 Å². The third kappa shape index (κ3) is 4.55. The van der Waals surface area contributed by atoms with Crippen LogP contribution in [-0.2, 0) is 14.3 Å². The Labute approximate surface area is 217 Å². The Morgan fingerprint density at radius 1 is 1.11 bits per heavy atom. The van der Waals surface area contributed by atoms with Crippen molar-refractivity contribution in [1.82, 2.24) is 4.98 Å². The molecule has 37 heavy (non-hydrogen) atoms. The summed E-state index contributed by atoms with van der Waals surface area (Å²) >= 11 is 0.935. The lowest BCUT2D eigenvalue weighted by molar-refractivity contribution is -0.132. The fraction of sp³-hybridized carbons (Fsp3) is 0.259. The zero-order chi connectivity index (χ0) is 26.9. The molecule has 1 aliphatic rings. The average molecular weight is 523 g/mol. The molecule has 1 N–H and O–H groups in total. The number of Topliss-reactive ketones (excluding diaryl/α,β-unsaturated/α-hetero) is 1. The third-order valence-electron chi connectivity index (χ3n) is 5.99. The maximum Gasteiger partial charge on any atom is 0.350 e. The van der Waals surface area contributed by atoms with Crippen LogP contribution in [0, 0.1) is 13.8 Å². The Balaban J connectivity index is 1.97. The number of thiazole rings is 1. The lowest BCUT2D eigenvalue weighted by Gasteiger charge is -2.24. The van der Waals surface area contributed by atoms with E-state index in [1.54, 1.807) is 49.4 Å². The van der Waals surface area contributed by atoms with Gasteiger partial charge in [0.05, 0.1) is 32.1 Å². The number of anilines is 1. The fourth-order valence-corrected chi connectivity index (χ4v) is 5.28. The number of ketones is 1. The van der Waals surface area contributed by atoms with Crippen molar-refractivity contribution in [1.29, 1.82) is 0 Å². The van der Waals surface area contributed by atoms with Gasteiger partial charge in [0.2, 0.25) is 0 Å². The molecule has 0 aliphatic carbocycles. The number of amides is 1. The molecule has 1 aromatic heterocycles. The van der Waals surface area contributed by atoms with Gasteiger partial charge in [0.1, 0.15) is 28.2 Å². The number of methoxy groups -OCH3 is 2. The highest BCUT2D eigenvalue weighted by atomic mass is 32.1. The highest BCUT2D eigenvalue weighted by molar-refractivity contribution is 7.17. The van der Waals surface area contributed by atoms with Crippen molar-refractivity contribution >= 4 is 39.9 Å². The van der Waals surface area contributed by atoms with Gasteiger partial charge in [-0.1, -0.05) is 29.5 Å². The van der Waals surface area contributed by atoms with Gasteiger partial charge in [-0.3, -0.25) is 14.5 Å². The standard InChI is InChI=1S/C27H26N2O7S/c1-6-36-19-10-8-7-9-17(19)21-20(22(30)16-11-12-18(34-4)14(2)13-16)23(31)25(32)29(21)27-28-15(3)24(37-27)26(33)35-5/h7-13,21,30H,6H2,1-5H3/b22-20+/t21-/m0/s1. The Morgan fingerprint density at radius 3 is 2.49 bits per heavy atom. The summed E-state index contributed by atoms with van der Waals surface area (Å²) in [5.74, 6) is -1.64. The molecule has 1 aliphatic heterocycles. The van der Waals surface area contributed by atoms with Crippen LogP contribution in [0.15, 0.2) is 48.0 Å². The van der Waals surface area contributed by atoms with E-state index in [1.165, 1.54) is 19.1 Å². The molecule has 0 bridgehead atoms. The minimum Gasteiger partial charge on any atom is -0.507 e. The number of aliphatic hydroxyl groups excluding tert-OH is 1. The molecule has 192 valence electrons. The number of carbonyl (C=O) groups excluding carboxylic acids is 3. The monoisotopic (exact) mass is 522 g/mol. The van der Waals surface area contributed by atoms with Crippen molar-refractivity contribution in [3.63, 3.8) is 0 Å². The number of aliphatic hydroxyl groups is 1. The summed E-state index contributed by atoms with van der Waals surface area (Å²) in [4.78, 5) is 45.0. The van der Waals surface area contributed by atoms with E-state index < -0.39 is 23.7 Å². The molecule has 0 saturated carbocycles. The lowest BCUT2D eigenvalue weighted by Crippen LogP contribution is -2.29. The van der Waals surface area contributed by atoms with Crippen molar-refractivity contribution in [3.8, 4) is 11.5 Å². The fourth-order valence-electron chi connectivity index (χ4n) is 4.27. The molecular weight excluding hydrogens is 496 g/mol. The normalized spacial score (nSPS) is 16.7. The smallest absolute Gasteiger partial charge is 0.350 e. The summed E-state index contributed by atoms with van der Waals surface area (Å²) in [7, 11) is 2.79. The van der Waals surface area contributed by atoms with Gasteiger partial charge in [0, 0.05) is 11.1 Å². The zero-order valence-electron chi connectivity index (χ0n) is 21.0. The SMILES string of the molecule is CCOc1ccccc1[C@H]1/C(=C(\O)c2ccc(OC)c(C)c2)C(=O)C(=O)N1c1nc(C)c(C(=O)OC)s1. The summed E-state index contributed by atoms with van der Waals surface area (Å²) in [6, 6.07) is 10.9. The number of rotatable bonds is 7. The number of carbonyl (C=O) groups is 3. The summed E-state index contributed by atoms with van der Waals surface area (Å²) in [5, 5.41) is 11.5. The van der Waals surface area contributed by atoms with Gasteiger partial charge in [-0.15, -0.1) is 0 Å². The van der Waals surface area contributed by atoms with E-state index >= 15 is 0 Å². The maximum atomic E-state index is 13.5. The molecule has 1 saturated heterocycles. The average Bonchev–Trinajstić information content (AvgIpc) is 3.40. The molecule has 2 aromatic carbocycles. The predicted molar refractivity (Wildman–Crippen MR) is 138 cm³/mol. The molecule has 10 heteroatoms. The molecular formula is C27H26N2O7S. The number of benzene rings is 2. The van der Waals surface area contributed by atoms with Crippen LogP contribution in [0.1, 0.15) is 45.0 Å². The minimum absolute atomic E-state index is 0.116. The second-order valence-corrected chi connectivity index (χ2v) is 9.20. The zero-order valence-corrected chi connectivity index (χ0v) is 21.8. The number of esters is 1. The highest BCUT2D eigenvalue weighted by Gasteiger charge is 2.49. The van der Waals surface area contributed by atoms with Crippen molar-refractivity contribution < 1.29 is 33.7 Å². The van der Waals surface area contributed by atoms with Crippen LogP contribution in [0.4, 0.5) is 5.13 Å². The second kappa shape index (κ2) is 10.4. The number of aryl methyl sites for hydroxylation is 2. The van der Waals surface area contributed by atoms with Gasteiger partial charge in [-0.05, 0) is 50.6 Å². The van der Waals surface area contributed by atoms with Crippen LogP contribution in [0.25, 0.3) is 5.76 Å². The molecule has 2 heterocycles. The molecule has 1 amide bonds. The highest BCUT2D eigenvalue weighted by Crippen LogP contribution is 2.46. The van der Waals surface area contributed by atoms with Crippen LogP contribution in [0.5, 0.6) is 11.5 Å². The van der Waals surface area contributed by atoms with Crippen LogP contribution in [0.3, 0.4) is 0 Å². The van der Waals surface area contributed by atoms with Crippen LogP contribution < -0.4 is 14.4 Å². The Kier molecular flexibility index (Phi) is 7.30. The predicted octanol–water partition coefficient (Wildman–Crippen LogP) is 4.58. The minimum atomic E-state index is -1.05. The summed E-state index contributed by atoms with van der Waals surface area (Å²) < 4.78 is 15.9. The molecule has 1 fully saturated rings. The number of nitrogens with zero attached hydrogens (tertiary/aromatic N) is 2. The summed E-state index contributed by atoms with van der Waals surface area (Å²) in [6.07, 6.45) is 0. The van der Waals surface area contributed by atoms with E-state index in [2.05, 4.69) is 4.98 Å². The second-order valence-electron chi connectivity index (χ2n) is 8.23. The van der Waals surface area contributed by atoms with Gasteiger partial charge in [-0.2, -0.15) is 0 Å². The number of para-hydroxylation sites is 1. The first-order valence-electron chi connectivity index (χ1n) is 11.5. The van der Waals surface area contributed by atoms with Crippen molar-refractivity contribution in [2.45, 2.75) is 26.8 Å². The maximum absolute atomic E-state index is 13.5. The largest absolute Gasteiger partial charge is 0.507 e. The number of hydrogen-bond acceptors (Lipinski definition) is 9. The number of hydrogen-bond donors (Lipinski definition) is 1. The van der Waals surface area contributed by atoms with Gasteiger partial charge >= 0.3 is 11.9 Å². The van der Waals surface area contributed by atoms with Crippen LogP contribution in [-0.4, -0.2) is 48.6 Å². The first-order valence-corrected chi connectivity index (χ1v) is 12.3. The topological polar surface area (TPSA) is 115 Å². The summed E-state index contributed by atoms with van der Waals surface area (Å²) in [6.45, 7) is 5.59. The van der Waals surface area contributed by atoms with Crippen molar-refractivity contribution in [2.24, 2.45) is 0 Å². The molecule has 1 atom stereocenters. The van der Waals surface area contributed by atoms with Gasteiger partial charge in [0.15, 0.2) is 5.13 Å². The summed E-state index contributed by atoms with van der Waals surface area (Å²) in [5.41, 5.74) is 1.82. The molecule has 0 radical (unpaired) electrons. The van der Waals surface area contributed by atoms with E-state index in [4.69, 9.17) is 14.2 Å². The number of aromatic nitrogens is 1. The van der Waals surface area contributed by atoms with Crippen LogP contribution >= 0.6 is 11.3 Å². The van der Waals surface area contributed by atoms with Gasteiger partial charge in [0.25, 0.3) is 5.78 Å². The molecule has 3 aromatic rings. The number of ether oxygens (including phenoxy) is 3. The third-order valence-corrected chi connectivity index (χ3v) is 7.13. The van der Waals surface area contributed by atoms with Gasteiger partial charge in [-0.25, -0.2) is 9.78 Å². The quantitative estimate of drug-likeness (QED) is 0.208. The van der Waals surface area contributed by atoms with E-state index in [0.29, 0.717) is 34.9 Å². The van der Waals surface area contributed by atoms with E-state index in [-0.39, 0.29) is 21.3 Å². The molecule has 0 unspecified atom stereocenters. The molecule has 9 nitrogen and oxygen atoms in total. The van der Waals surface area contributed by atoms with E-state index in [0.717, 1.165) is 16.9 Å². The van der Waals surface area contributed by atoms with Gasteiger partial charge < -0.3 is 19.3 Å².